The molecule has 0 aliphatic carbocycles. The van der Waals surface area contributed by atoms with Crippen LogP contribution in [0.5, 0.6) is 0 Å². The number of carbonyl (C=O) groups is 1. The smallest absolute Gasteiger partial charge is 0.242 e. The number of thioether (sulfide) groups is 1. The molecule has 2 rings (SSSR count). The van der Waals surface area contributed by atoms with Gasteiger partial charge in [-0.25, -0.2) is 12.7 Å². The normalized spacial score (nSPS) is 12.9. The van der Waals surface area contributed by atoms with Gasteiger partial charge in [-0.3, -0.25) is 4.79 Å². The molecule has 2 aromatic rings. The average molecular weight is 407 g/mol. The van der Waals surface area contributed by atoms with Crippen molar-refractivity contribution in [3.8, 4) is 0 Å². The summed E-state index contributed by atoms with van der Waals surface area (Å²) in [6, 6.07) is 10.9. The summed E-state index contributed by atoms with van der Waals surface area (Å²) in [6.07, 6.45) is 0. The Morgan fingerprint density at radius 2 is 1.63 bits per heavy atom. The van der Waals surface area contributed by atoms with Crippen molar-refractivity contribution < 1.29 is 13.2 Å². The summed E-state index contributed by atoms with van der Waals surface area (Å²) in [5, 5.41) is 2.55. The predicted octanol–water partition coefficient (Wildman–Crippen LogP) is 3.98. The van der Waals surface area contributed by atoms with E-state index >= 15 is 0 Å². The molecule has 0 aromatic heterocycles. The standard InChI is InChI=1S/C20H26N2O3S2/c1-13-7-9-17(11-15(13)3)26-16(4)20(23)21-19-12-18(10-8-14(19)2)27(24,25)22(5)6/h7-12,16H,1-6H3,(H,21,23)/t16-/m0/s1. The predicted molar refractivity (Wildman–Crippen MR) is 112 cm³/mol. The fourth-order valence-corrected chi connectivity index (χ4v) is 4.28. The van der Waals surface area contributed by atoms with Crippen LogP contribution in [0.25, 0.3) is 0 Å². The van der Waals surface area contributed by atoms with Crippen molar-refractivity contribution in [2.45, 2.75) is 42.7 Å². The second-order valence-electron chi connectivity index (χ2n) is 6.76. The zero-order chi connectivity index (χ0) is 20.4. The van der Waals surface area contributed by atoms with Gasteiger partial charge < -0.3 is 5.32 Å². The molecular formula is C20H26N2O3S2. The molecule has 0 bridgehead atoms. The van der Waals surface area contributed by atoms with E-state index in [1.807, 2.05) is 32.9 Å². The number of amides is 1. The van der Waals surface area contributed by atoms with Crippen LogP contribution in [0.1, 0.15) is 23.6 Å². The van der Waals surface area contributed by atoms with Crippen LogP contribution in [-0.4, -0.2) is 38.0 Å². The van der Waals surface area contributed by atoms with Gasteiger partial charge in [0.05, 0.1) is 10.1 Å². The van der Waals surface area contributed by atoms with Crippen molar-refractivity contribution >= 4 is 33.4 Å². The highest BCUT2D eigenvalue weighted by Gasteiger charge is 2.20. The Labute approximate surface area is 166 Å². The molecule has 1 amide bonds. The number of sulfonamides is 1. The van der Waals surface area contributed by atoms with Crippen LogP contribution in [0.4, 0.5) is 5.69 Å². The van der Waals surface area contributed by atoms with Gasteiger partial charge in [0.1, 0.15) is 0 Å². The zero-order valence-electron chi connectivity index (χ0n) is 16.5. The first-order valence-corrected chi connectivity index (χ1v) is 10.9. The van der Waals surface area contributed by atoms with E-state index in [4.69, 9.17) is 0 Å². The number of hydrogen-bond donors (Lipinski definition) is 1. The van der Waals surface area contributed by atoms with Crippen molar-refractivity contribution in [1.29, 1.82) is 0 Å². The van der Waals surface area contributed by atoms with E-state index in [0.29, 0.717) is 5.69 Å². The molecule has 2 aromatic carbocycles. The quantitative estimate of drug-likeness (QED) is 0.737. The number of carbonyl (C=O) groups excluding carboxylic acids is 1. The lowest BCUT2D eigenvalue weighted by atomic mass is 10.1. The molecule has 7 heteroatoms. The van der Waals surface area contributed by atoms with E-state index in [9.17, 15) is 13.2 Å². The number of rotatable bonds is 6. The van der Waals surface area contributed by atoms with Gasteiger partial charge in [0.25, 0.3) is 0 Å². The second kappa shape index (κ2) is 8.46. The maximum atomic E-state index is 12.6. The van der Waals surface area contributed by atoms with Gasteiger partial charge in [0, 0.05) is 24.7 Å². The third kappa shape index (κ3) is 5.12. The maximum Gasteiger partial charge on any atom is 0.242 e. The van der Waals surface area contributed by atoms with Crippen LogP contribution in [0.3, 0.4) is 0 Å². The first-order valence-electron chi connectivity index (χ1n) is 8.60. The number of anilines is 1. The summed E-state index contributed by atoms with van der Waals surface area (Å²) >= 11 is 1.48. The van der Waals surface area contributed by atoms with Crippen LogP contribution in [-0.2, 0) is 14.8 Å². The highest BCUT2D eigenvalue weighted by atomic mass is 32.2. The first-order chi connectivity index (χ1) is 12.5. The third-order valence-electron chi connectivity index (χ3n) is 4.41. The van der Waals surface area contributed by atoms with Gasteiger partial charge >= 0.3 is 0 Å². The second-order valence-corrected chi connectivity index (χ2v) is 10.3. The fourth-order valence-electron chi connectivity index (χ4n) is 2.39. The van der Waals surface area contributed by atoms with Crippen molar-refractivity contribution in [2.24, 2.45) is 0 Å². The van der Waals surface area contributed by atoms with E-state index in [1.54, 1.807) is 12.1 Å². The lowest BCUT2D eigenvalue weighted by Crippen LogP contribution is -2.24. The molecule has 5 nitrogen and oxygen atoms in total. The van der Waals surface area contributed by atoms with Crippen molar-refractivity contribution in [3.63, 3.8) is 0 Å². The summed E-state index contributed by atoms with van der Waals surface area (Å²) in [5.74, 6) is -0.166. The molecule has 0 saturated carbocycles. The number of aryl methyl sites for hydroxylation is 3. The molecular weight excluding hydrogens is 380 g/mol. The summed E-state index contributed by atoms with van der Waals surface area (Å²) in [7, 11) is -0.589. The fraction of sp³-hybridized carbons (Fsp3) is 0.350. The molecule has 0 spiro atoms. The molecule has 0 saturated heterocycles. The molecule has 1 N–H and O–H groups in total. The van der Waals surface area contributed by atoms with Gasteiger partial charge in [0.2, 0.25) is 15.9 Å². The summed E-state index contributed by atoms with van der Waals surface area (Å²) in [6.45, 7) is 7.77. The van der Waals surface area contributed by atoms with Crippen LogP contribution in [0, 0.1) is 20.8 Å². The van der Waals surface area contributed by atoms with Gasteiger partial charge in [-0.15, -0.1) is 11.8 Å². The van der Waals surface area contributed by atoms with Gasteiger partial charge in [-0.2, -0.15) is 0 Å². The molecule has 0 heterocycles. The molecule has 1 atom stereocenters. The molecule has 0 fully saturated rings. The van der Waals surface area contributed by atoms with E-state index in [2.05, 4.69) is 18.3 Å². The number of nitrogens with zero attached hydrogens (tertiary/aromatic N) is 1. The SMILES string of the molecule is Cc1ccc(S[C@@H](C)C(=O)Nc2cc(S(=O)(=O)N(C)C)ccc2C)cc1C. The Hall–Kier alpha value is -1.83. The van der Waals surface area contributed by atoms with Crippen LogP contribution in [0.2, 0.25) is 0 Å². The minimum Gasteiger partial charge on any atom is -0.325 e. The molecule has 0 aliphatic rings. The summed E-state index contributed by atoms with van der Waals surface area (Å²) in [5.41, 5.74) is 3.72. The largest absolute Gasteiger partial charge is 0.325 e. The highest BCUT2D eigenvalue weighted by molar-refractivity contribution is 8.00. The molecule has 0 radical (unpaired) electrons. The van der Waals surface area contributed by atoms with Gasteiger partial charge in [-0.1, -0.05) is 12.1 Å². The minimum absolute atomic E-state index is 0.155. The van der Waals surface area contributed by atoms with E-state index in [1.165, 1.54) is 43.1 Å². The Morgan fingerprint density at radius 1 is 1.00 bits per heavy atom. The number of nitrogens with one attached hydrogen (secondary N) is 1. The monoisotopic (exact) mass is 406 g/mol. The van der Waals surface area contributed by atoms with Crippen molar-refractivity contribution in [3.05, 3.63) is 53.1 Å². The highest BCUT2D eigenvalue weighted by Crippen LogP contribution is 2.27. The van der Waals surface area contributed by atoms with Crippen LogP contribution >= 0.6 is 11.8 Å². The number of benzene rings is 2. The summed E-state index contributed by atoms with van der Waals surface area (Å²) in [4.78, 5) is 13.8. The Balaban J connectivity index is 2.18. The zero-order valence-corrected chi connectivity index (χ0v) is 18.2. The Bertz CT molecular complexity index is 954. The van der Waals surface area contributed by atoms with E-state index in [-0.39, 0.29) is 16.1 Å². The molecule has 146 valence electrons. The van der Waals surface area contributed by atoms with E-state index in [0.717, 1.165) is 14.8 Å². The lowest BCUT2D eigenvalue weighted by molar-refractivity contribution is -0.115. The average Bonchev–Trinajstić information content (AvgIpc) is 2.59. The Morgan fingerprint density at radius 3 is 2.22 bits per heavy atom. The molecule has 0 unspecified atom stereocenters. The Kier molecular flexibility index (Phi) is 6.72. The van der Waals surface area contributed by atoms with Crippen LogP contribution < -0.4 is 5.32 Å². The molecule has 27 heavy (non-hydrogen) atoms. The third-order valence-corrected chi connectivity index (χ3v) is 7.31. The van der Waals surface area contributed by atoms with Crippen molar-refractivity contribution in [1.82, 2.24) is 4.31 Å². The van der Waals surface area contributed by atoms with E-state index < -0.39 is 10.0 Å². The van der Waals surface area contributed by atoms with Gasteiger partial charge in [0.15, 0.2) is 0 Å². The maximum absolute atomic E-state index is 12.6. The topological polar surface area (TPSA) is 66.5 Å². The summed E-state index contributed by atoms with van der Waals surface area (Å²) < 4.78 is 25.8. The minimum atomic E-state index is -3.55. The van der Waals surface area contributed by atoms with Gasteiger partial charge in [-0.05, 0) is 68.7 Å². The number of hydrogen-bond acceptors (Lipinski definition) is 4. The first kappa shape index (κ1) is 21.5. The lowest BCUT2D eigenvalue weighted by Gasteiger charge is -2.16. The molecule has 0 aliphatic heterocycles. The van der Waals surface area contributed by atoms with Crippen molar-refractivity contribution in [2.75, 3.05) is 19.4 Å². The van der Waals surface area contributed by atoms with Crippen LogP contribution in [0.15, 0.2) is 46.2 Å².